The fraction of sp³-hybridized carbons (Fsp3) is 0.158. The van der Waals surface area contributed by atoms with Gasteiger partial charge in [0.1, 0.15) is 6.67 Å². The van der Waals surface area contributed by atoms with Crippen molar-refractivity contribution in [2.24, 2.45) is 0 Å². The number of aryl methyl sites for hydroxylation is 1. The van der Waals surface area contributed by atoms with E-state index in [1.807, 2.05) is 54.6 Å². The first kappa shape index (κ1) is 15.2. The lowest BCUT2D eigenvalue weighted by Crippen LogP contribution is -1.99. The molecule has 1 aromatic heterocycles. The van der Waals surface area contributed by atoms with Crippen LogP contribution in [0.4, 0.5) is 4.39 Å². The fourth-order valence-corrected chi connectivity index (χ4v) is 2.48. The van der Waals surface area contributed by atoms with Gasteiger partial charge in [-0.2, -0.15) is 5.10 Å². The molecule has 0 atom stereocenters. The van der Waals surface area contributed by atoms with Crippen LogP contribution < -0.4 is 0 Å². The van der Waals surface area contributed by atoms with Crippen molar-refractivity contribution in [3.63, 3.8) is 0 Å². The van der Waals surface area contributed by atoms with Crippen molar-refractivity contribution in [3.8, 4) is 22.4 Å². The summed E-state index contributed by atoms with van der Waals surface area (Å²) in [5.74, 6) is 0.0590. The number of aromatic nitrogens is 2. The smallest absolute Gasteiger partial charge is 0.159 e. The summed E-state index contributed by atoms with van der Waals surface area (Å²) in [7, 11) is 0. The average molecular weight is 308 g/mol. The lowest BCUT2D eigenvalue weighted by molar-refractivity contribution is 0.101. The van der Waals surface area contributed by atoms with Gasteiger partial charge in [0.15, 0.2) is 5.78 Å². The number of Topliss-reactive ketones (excluding diaryl/α,β-unsaturated/α-hetero) is 1. The van der Waals surface area contributed by atoms with Crippen LogP contribution in [-0.4, -0.2) is 22.2 Å². The van der Waals surface area contributed by atoms with E-state index in [0.29, 0.717) is 5.56 Å². The zero-order valence-electron chi connectivity index (χ0n) is 12.9. The third-order valence-corrected chi connectivity index (χ3v) is 3.74. The summed E-state index contributed by atoms with van der Waals surface area (Å²) >= 11 is 0. The number of ketones is 1. The number of rotatable bonds is 5. The molecule has 23 heavy (non-hydrogen) atoms. The highest BCUT2D eigenvalue weighted by Crippen LogP contribution is 2.25. The van der Waals surface area contributed by atoms with Crippen LogP contribution in [0.2, 0.25) is 0 Å². The molecule has 0 radical (unpaired) electrons. The number of benzene rings is 2. The Kier molecular flexibility index (Phi) is 4.33. The van der Waals surface area contributed by atoms with E-state index < -0.39 is 6.67 Å². The third-order valence-electron chi connectivity index (χ3n) is 3.74. The van der Waals surface area contributed by atoms with Gasteiger partial charge in [0.2, 0.25) is 0 Å². The quantitative estimate of drug-likeness (QED) is 0.655. The topological polar surface area (TPSA) is 34.9 Å². The highest BCUT2D eigenvalue weighted by molar-refractivity contribution is 5.94. The predicted octanol–water partition coefficient (Wildman–Crippen LogP) is 4.39. The Morgan fingerprint density at radius 2 is 1.78 bits per heavy atom. The molecule has 0 amide bonds. The van der Waals surface area contributed by atoms with Gasteiger partial charge in [0.05, 0.1) is 12.2 Å². The second kappa shape index (κ2) is 6.57. The first-order chi connectivity index (χ1) is 11.2. The van der Waals surface area contributed by atoms with E-state index in [0.717, 1.165) is 22.4 Å². The molecule has 0 bridgehead atoms. The first-order valence-corrected chi connectivity index (χ1v) is 7.48. The lowest BCUT2D eigenvalue weighted by atomic mass is 10.00. The molecule has 1 heterocycles. The Labute approximate surface area is 134 Å². The standard InChI is InChI=1S/C19H17FN2O/c1-14(23)15-5-7-16(8-6-15)17-3-2-4-18(13-17)19-9-11-22(21-19)12-10-20/h2-9,11,13H,10,12H2,1H3. The predicted molar refractivity (Wildman–Crippen MR) is 89.1 cm³/mol. The lowest BCUT2D eigenvalue weighted by Gasteiger charge is -2.05. The summed E-state index contributed by atoms with van der Waals surface area (Å²) in [6.07, 6.45) is 1.78. The van der Waals surface area contributed by atoms with Gasteiger partial charge in [0.25, 0.3) is 0 Å². The molecular formula is C19H17FN2O. The van der Waals surface area contributed by atoms with Crippen molar-refractivity contribution < 1.29 is 9.18 Å². The molecule has 3 rings (SSSR count). The van der Waals surface area contributed by atoms with E-state index in [1.54, 1.807) is 17.8 Å². The van der Waals surface area contributed by atoms with E-state index in [2.05, 4.69) is 5.10 Å². The Morgan fingerprint density at radius 3 is 2.48 bits per heavy atom. The van der Waals surface area contributed by atoms with Gasteiger partial charge in [-0.3, -0.25) is 9.48 Å². The number of hydrogen-bond donors (Lipinski definition) is 0. The summed E-state index contributed by atoms with van der Waals surface area (Å²) < 4.78 is 14.0. The second-order valence-electron chi connectivity index (χ2n) is 5.37. The number of carbonyl (C=O) groups is 1. The van der Waals surface area contributed by atoms with Gasteiger partial charge in [-0.15, -0.1) is 0 Å². The van der Waals surface area contributed by atoms with E-state index >= 15 is 0 Å². The number of halogens is 1. The van der Waals surface area contributed by atoms with Crippen LogP contribution in [0.15, 0.2) is 60.8 Å². The Morgan fingerprint density at radius 1 is 1.04 bits per heavy atom. The minimum Gasteiger partial charge on any atom is -0.295 e. The summed E-state index contributed by atoms with van der Waals surface area (Å²) in [5, 5.41) is 4.37. The SMILES string of the molecule is CC(=O)c1ccc(-c2cccc(-c3ccn(CCF)n3)c2)cc1. The maximum atomic E-state index is 12.4. The van der Waals surface area contributed by atoms with E-state index in [9.17, 15) is 9.18 Å². The van der Waals surface area contributed by atoms with Gasteiger partial charge in [0, 0.05) is 17.3 Å². The highest BCUT2D eigenvalue weighted by atomic mass is 19.1. The van der Waals surface area contributed by atoms with Gasteiger partial charge < -0.3 is 0 Å². The molecule has 0 saturated heterocycles. The summed E-state index contributed by atoms with van der Waals surface area (Å²) in [6.45, 7) is 1.40. The van der Waals surface area contributed by atoms with Crippen LogP contribution in [0.3, 0.4) is 0 Å². The van der Waals surface area contributed by atoms with Crippen molar-refractivity contribution in [1.29, 1.82) is 0 Å². The molecule has 116 valence electrons. The van der Waals surface area contributed by atoms with Crippen molar-refractivity contribution in [3.05, 3.63) is 66.4 Å². The molecule has 2 aromatic carbocycles. The summed E-state index contributed by atoms with van der Waals surface area (Å²) in [5.41, 5.74) is 4.60. The number of nitrogens with zero attached hydrogens (tertiary/aromatic N) is 2. The van der Waals surface area contributed by atoms with Crippen LogP contribution in [0, 0.1) is 0 Å². The molecule has 0 spiro atoms. The molecule has 0 N–H and O–H groups in total. The third kappa shape index (κ3) is 3.37. The molecule has 3 aromatic rings. The van der Waals surface area contributed by atoms with Gasteiger partial charge >= 0.3 is 0 Å². The molecule has 0 aliphatic carbocycles. The van der Waals surface area contributed by atoms with Gasteiger partial charge in [-0.25, -0.2) is 4.39 Å². The monoisotopic (exact) mass is 308 g/mol. The zero-order chi connectivity index (χ0) is 16.2. The largest absolute Gasteiger partial charge is 0.295 e. The van der Waals surface area contributed by atoms with Crippen LogP contribution in [0.5, 0.6) is 0 Å². The van der Waals surface area contributed by atoms with Gasteiger partial charge in [-0.05, 0) is 30.2 Å². The Hall–Kier alpha value is -2.75. The molecule has 0 aliphatic heterocycles. The molecule has 0 unspecified atom stereocenters. The Bertz CT molecular complexity index is 821. The molecule has 3 nitrogen and oxygen atoms in total. The molecule has 0 fully saturated rings. The van der Waals surface area contributed by atoms with E-state index in [-0.39, 0.29) is 12.3 Å². The molecule has 0 saturated carbocycles. The first-order valence-electron chi connectivity index (χ1n) is 7.48. The molecular weight excluding hydrogens is 291 g/mol. The summed E-state index contributed by atoms with van der Waals surface area (Å²) in [6, 6.07) is 17.5. The van der Waals surface area contributed by atoms with Gasteiger partial charge in [-0.1, -0.05) is 42.5 Å². The van der Waals surface area contributed by atoms with Crippen LogP contribution in [0.25, 0.3) is 22.4 Å². The highest BCUT2D eigenvalue weighted by Gasteiger charge is 2.06. The van der Waals surface area contributed by atoms with Crippen molar-refractivity contribution in [2.75, 3.05) is 6.67 Å². The summed E-state index contributed by atoms with van der Waals surface area (Å²) in [4.78, 5) is 11.4. The van der Waals surface area contributed by atoms with E-state index in [4.69, 9.17) is 0 Å². The molecule has 0 aliphatic rings. The zero-order valence-corrected chi connectivity index (χ0v) is 12.9. The maximum absolute atomic E-state index is 12.4. The number of alkyl halides is 1. The van der Waals surface area contributed by atoms with Crippen molar-refractivity contribution in [2.45, 2.75) is 13.5 Å². The molecule has 4 heteroatoms. The maximum Gasteiger partial charge on any atom is 0.159 e. The average Bonchev–Trinajstić information content (AvgIpc) is 3.04. The van der Waals surface area contributed by atoms with Crippen molar-refractivity contribution in [1.82, 2.24) is 9.78 Å². The Balaban J connectivity index is 1.91. The minimum atomic E-state index is -0.427. The second-order valence-corrected chi connectivity index (χ2v) is 5.37. The van der Waals surface area contributed by atoms with Crippen molar-refractivity contribution >= 4 is 5.78 Å². The van der Waals surface area contributed by atoms with E-state index in [1.165, 1.54) is 0 Å². The van der Waals surface area contributed by atoms with Crippen LogP contribution >= 0.6 is 0 Å². The number of carbonyl (C=O) groups excluding carboxylic acids is 1. The fourth-order valence-electron chi connectivity index (χ4n) is 2.48. The normalized spacial score (nSPS) is 10.7. The van der Waals surface area contributed by atoms with Crippen LogP contribution in [0.1, 0.15) is 17.3 Å². The van der Waals surface area contributed by atoms with Crippen LogP contribution in [-0.2, 0) is 6.54 Å². The minimum absolute atomic E-state index is 0.0590. The number of hydrogen-bond acceptors (Lipinski definition) is 2.